The van der Waals surface area contributed by atoms with E-state index in [0.29, 0.717) is 11.3 Å². The van der Waals surface area contributed by atoms with Crippen LogP contribution in [0.1, 0.15) is 32.5 Å². The van der Waals surface area contributed by atoms with Gasteiger partial charge in [-0.05, 0) is 45.0 Å². The molecule has 0 aromatic heterocycles. The van der Waals surface area contributed by atoms with Crippen molar-refractivity contribution in [2.75, 3.05) is 12.3 Å². The van der Waals surface area contributed by atoms with Crippen molar-refractivity contribution in [1.29, 1.82) is 0 Å². The highest BCUT2D eigenvalue weighted by Gasteiger charge is 2.16. The van der Waals surface area contributed by atoms with Gasteiger partial charge < -0.3 is 10.1 Å². The number of carbonyl (C=O) groups is 2. The summed E-state index contributed by atoms with van der Waals surface area (Å²) in [6.07, 6.45) is -0.546. The molecule has 0 aliphatic carbocycles. The fourth-order valence-electron chi connectivity index (χ4n) is 1.23. The second-order valence-corrected chi connectivity index (χ2v) is 4.71. The van der Waals surface area contributed by atoms with Crippen LogP contribution in [0.3, 0.4) is 0 Å². The second-order valence-electron chi connectivity index (χ2n) is 4.71. The van der Waals surface area contributed by atoms with E-state index in [9.17, 15) is 9.59 Å². The monoisotopic (exact) mass is 251 g/mol. The summed E-state index contributed by atoms with van der Waals surface area (Å²) in [6.45, 7) is 5.34. The van der Waals surface area contributed by atoms with Gasteiger partial charge in [0.1, 0.15) is 5.60 Å². The first-order valence-corrected chi connectivity index (χ1v) is 5.49. The summed E-state index contributed by atoms with van der Waals surface area (Å²) in [4.78, 5) is 22.9. The van der Waals surface area contributed by atoms with E-state index >= 15 is 0 Å². The van der Waals surface area contributed by atoms with E-state index in [4.69, 9.17) is 6.11 Å². The van der Waals surface area contributed by atoms with Crippen molar-refractivity contribution >= 4 is 17.7 Å². The second kappa shape index (κ2) is 5.53. The minimum Gasteiger partial charge on any atom is -0.444 e. The molecule has 5 nitrogen and oxygen atoms in total. The van der Waals surface area contributed by atoms with Gasteiger partial charge in [-0.3, -0.25) is 10.1 Å². The minimum atomic E-state index is -0.558. The van der Waals surface area contributed by atoms with Crippen molar-refractivity contribution in [1.82, 2.24) is 5.32 Å². The SMILES string of the molecule is [2H]CNC(=O)c1ccc(NC(=O)OC(C)(C)C)cc1. The lowest BCUT2D eigenvalue weighted by Crippen LogP contribution is -2.27. The van der Waals surface area contributed by atoms with E-state index < -0.39 is 11.7 Å². The molecule has 0 atom stereocenters. The Labute approximate surface area is 108 Å². The van der Waals surface area contributed by atoms with Crippen LogP contribution in [0.15, 0.2) is 24.3 Å². The van der Waals surface area contributed by atoms with E-state index in [1.807, 2.05) is 0 Å². The Balaban J connectivity index is 2.62. The van der Waals surface area contributed by atoms with Crippen LogP contribution in [0.25, 0.3) is 0 Å². The van der Waals surface area contributed by atoms with Gasteiger partial charge in [-0.25, -0.2) is 4.79 Å². The summed E-state index contributed by atoms with van der Waals surface area (Å²) in [5.41, 5.74) is 0.413. The van der Waals surface area contributed by atoms with Crippen molar-refractivity contribution in [3.05, 3.63) is 29.8 Å². The molecule has 5 heteroatoms. The standard InChI is InChI=1S/C13H18N2O3/c1-13(2,3)18-12(17)15-10-7-5-9(6-8-10)11(16)14-4/h5-8H,1-4H3,(H,14,16)(H,15,17)/i4D. The predicted molar refractivity (Wildman–Crippen MR) is 69.7 cm³/mol. The smallest absolute Gasteiger partial charge is 0.412 e. The van der Waals surface area contributed by atoms with E-state index in [1.54, 1.807) is 45.0 Å². The first kappa shape index (κ1) is 12.4. The molecular formula is C13H18N2O3. The minimum absolute atomic E-state index is 0.170. The molecule has 0 saturated heterocycles. The average molecular weight is 251 g/mol. The van der Waals surface area contributed by atoms with Crippen molar-refractivity contribution in [2.45, 2.75) is 26.4 Å². The molecule has 98 valence electrons. The number of rotatable bonds is 2. The quantitative estimate of drug-likeness (QED) is 0.848. The topological polar surface area (TPSA) is 67.4 Å². The number of anilines is 1. The van der Waals surface area contributed by atoms with Gasteiger partial charge in [-0.2, -0.15) is 0 Å². The molecule has 0 heterocycles. The Kier molecular flexibility index (Phi) is 3.82. The van der Waals surface area contributed by atoms with Gasteiger partial charge in [0.15, 0.2) is 0 Å². The summed E-state index contributed by atoms with van der Waals surface area (Å²) in [5, 5.41) is 4.94. The zero-order valence-electron chi connectivity index (χ0n) is 11.7. The Hall–Kier alpha value is -2.04. The van der Waals surface area contributed by atoms with Crippen LogP contribution in [-0.2, 0) is 4.74 Å². The molecule has 0 aliphatic heterocycles. The number of nitrogens with one attached hydrogen (secondary N) is 2. The highest BCUT2D eigenvalue weighted by molar-refractivity contribution is 5.94. The van der Waals surface area contributed by atoms with Crippen LogP contribution in [0.4, 0.5) is 10.5 Å². The van der Waals surface area contributed by atoms with Crippen LogP contribution in [-0.4, -0.2) is 24.6 Å². The fourth-order valence-corrected chi connectivity index (χ4v) is 1.23. The molecule has 0 aliphatic rings. The number of benzene rings is 1. The maximum Gasteiger partial charge on any atom is 0.412 e. The Morgan fingerprint density at radius 1 is 1.22 bits per heavy atom. The van der Waals surface area contributed by atoms with E-state index in [1.165, 1.54) is 0 Å². The van der Waals surface area contributed by atoms with Crippen molar-refractivity contribution < 1.29 is 15.7 Å². The largest absolute Gasteiger partial charge is 0.444 e. The van der Waals surface area contributed by atoms with Crippen molar-refractivity contribution in [3.8, 4) is 0 Å². The lowest BCUT2D eigenvalue weighted by atomic mass is 10.2. The van der Waals surface area contributed by atoms with Gasteiger partial charge in [-0.15, -0.1) is 0 Å². The van der Waals surface area contributed by atoms with Crippen LogP contribution < -0.4 is 10.6 Å². The lowest BCUT2D eigenvalue weighted by Gasteiger charge is -2.19. The van der Waals surface area contributed by atoms with Gasteiger partial charge in [0, 0.05) is 19.6 Å². The Bertz CT molecular complexity index is 452. The van der Waals surface area contributed by atoms with Crippen LogP contribution >= 0.6 is 0 Å². The molecule has 0 fully saturated rings. The van der Waals surface area contributed by atoms with Crippen LogP contribution in [0.2, 0.25) is 0 Å². The molecule has 0 spiro atoms. The summed E-state index contributed by atoms with van der Waals surface area (Å²) >= 11 is 0. The van der Waals surface area contributed by atoms with Crippen LogP contribution in [0, 0.1) is 0 Å². The molecule has 0 saturated carbocycles. The third kappa shape index (κ3) is 4.45. The third-order valence-electron chi connectivity index (χ3n) is 1.95. The zero-order valence-corrected chi connectivity index (χ0v) is 10.7. The molecule has 1 aromatic rings. The molecule has 1 rings (SSSR count). The first-order valence-electron chi connectivity index (χ1n) is 6.20. The van der Waals surface area contributed by atoms with Gasteiger partial charge in [0.25, 0.3) is 5.91 Å². The maximum absolute atomic E-state index is 11.5. The zero-order chi connectivity index (χ0) is 14.5. The van der Waals surface area contributed by atoms with E-state index in [2.05, 4.69) is 10.6 Å². The maximum atomic E-state index is 11.5. The molecule has 1 aromatic carbocycles. The molecule has 18 heavy (non-hydrogen) atoms. The first-order chi connectivity index (χ1) is 8.81. The predicted octanol–water partition coefficient (Wildman–Crippen LogP) is 2.39. The molecule has 2 amide bonds. The summed E-state index contributed by atoms with van der Waals surface area (Å²) in [5.74, 6) is -0.321. The molecule has 2 N–H and O–H groups in total. The third-order valence-corrected chi connectivity index (χ3v) is 1.95. The number of ether oxygens (including phenoxy) is 1. The molecular weight excluding hydrogens is 232 g/mol. The molecule has 0 unspecified atom stereocenters. The number of amides is 2. The van der Waals surface area contributed by atoms with Crippen molar-refractivity contribution in [3.63, 3.8) is 0 Å². The normalized spacial score (nSPS) is 11.4. The highest BCUT2D eigenvalue weighted by Crippen LogP contribution is 2.12. The summed E-state index contributed by atoms with van der Waals surface area (Å²) < 4.78 is 12.0. The van der Waals surface area contributed by atoms with Gasteiger partial charge >= 0.3 is 6.09 Å². The van der Waals surface area contributed by atoms with Gasteiger partial charge in [0.2, 0.25) is 0 Å². The van der Waals surface area contributed by atoms with Gasteiger partial charge in [0.05, 0.1) is 0 Å². The number of hydrogen-bond donors (Lipinski definition) is 2. The van der Waals surface area contributed by atoms with E-state index in [-0.39, 0.29) is 12.9 Å². The molecule has 0 radical (unpaired) electrons. The lowest BCUT2D eigenvalue weighted by molar-refractivity contribution is 0.0636. The van der Waals surface area contributed by atoms with Gasteiger partial charge in [-0.1, -0.05) is 0 Å². The summed E-state index contributed by atoms with van der Waals surface area (Å²) in [6, 6.07) is 6.33. The van der Waals surface area contributed by atoms with Crippen LogP contribution in [0.5, 0.6) is 0 Å². The highest BCUT2D eigenvalue weighted by atomic mass is 16.6. The van der Waals surface area contributed by atoms with Crippen molar-refractivity contribution in [2.24, 2.45) is 0 Å². The Morgan fingerprint density at radius 3 is 2.33 bits per heavy atom. The molecule has 0 bridgehead atoms. The fraction of sp³-hybridized carbons (Fsp3) is 0.385. The summed E-state index contributed by atoms with van der Waals surface area (Å²) in [7, 11) is -0.170. The number of carbonyl (C=O) groups excluding carboxylic acids is 2. The average Bonchev–Trinajstić information content (AvgIpc) is 2.27. The number of hydrogen-bond acceptors (Lipinski definition) is 3. The van der Waals surface area contributed by atoms with E-state index in [0.717, 1.165) is 0 Å². The Morgan fingerprint density at radius 2 is 1.83 bits per heavy atom.